The maximum absolute atomic E-state index is 11.3. The first-order valence-corrected chi connectivity index (χ1v) is 7.67. The van der Waals surface area contributed by atoms with Crippen LogP contribution in [0.5, 0.6) is 0 Å². The molecule has 0 aliphatic carbocycles. The van der Waals surface area contributed by atoms with E-state index in [2.05, 4.69) is 10.4 Å². The largest absolute Gasteiger partial charge is 0.373 e. The van der Waals surface area contributed by atoms with Crippen molar-refractivity contribution in [3.63, 3.8) is 0 Å². The van der Waals surface area contributed by atoms with Gasteiger partial charge in [0.15, 0.2) is 0 Å². The number of nitrogens with zero attached hydrogens (tertiary/aromatic N) is 3. The molecule has 23 heavy (non-hydrogen) atoms. The minimum atomic E-state index is -0.376. The first kappa shape index (κ1) is 15.5. The predicted molar refractivity (Wildman–Crippen MR) is 86.4 cm³/mol. The highest BCUT2D eigenvalue weighted by Gasteiger charge is 2.29. The normalized spacial score (nSPS) is 21.1. The molecule has 0 spiro atoms. The minimum absolute atomic E-state index is 0.0100. The van der Waals surface area contributed by atoms with Gasteiger partial charge in [-0.3, -0.25) is 10.1 Å². The SMILES string of the molecule is Cc1nn(C)c(NC2CCOC(c3ccccc3)C2)c1[N+](=O)[O-]. The Morgan fingerprint density at radius 1 is 1.39 bits per heavy atom. The molecular weight excluding hydrogens is 296 g/mol. The molecule has 122 valence electrons. The molecule has 0 saturated carbocycles. The second kappa shape index (κ2) is 6.37. The topological polar surface area (TPSA) is 82.2 Å². The molecule has 2 unspecified atom stereocenters. The molecule has 0 amide bonds. The summed E-state index contributed by atoms with van der Waals surface area (Å²) in [5.41, 5.74) is 1.61. The van der Waals surface area contributed by atoms with E-state index in [1.165, 1.54) is 0 Å². The number of rotatable bonds is 4. The summed E-state index contributed by atoms with van der Waals surface area (Å²) in [6, 6.07) is 10.2. The molecule has 1 saturated heterocycles. The molecule has 0 bridgehead atoms. The van der Waals surface area contributed by atoms with Gasteiger partial charge < -0.3 is 10.1 Å². The molecule has 7 heteroatoms. The lowest BCUT2D eigenvalue weighted by atomic mass is 9.97. The number of anilines is 1. The van der Waals surface area contributed by atoms with Gasteiger partial charge in [-0.25, -0.2) is 4.68 Å². The van der Waals surface area contributed by atoms with Gasteiger partial charge in [0, 0.05) is 19.7 Å². The summed E-state index contributed by atoms with van der Waals surface area (Å²) in [6.07, 6.45) is 1.59. The van der Waals surface area contributed by atoms with Crippen LogP contribution in [0.3, 0.4) is 0 Å². The molecule has 3 rings (SSSR count). The van der Waals surface area contributed by atoms with E-state index in [-0.39, 0.29) is 22.8 Å². The van der Waals surface area contributed by atoms with Crippen molar-refractivity contribution >= 4 is 11.5 Å². The van der Waals surface area contributed by atoms with Crippen LogP contribution in [0, 0.1) is 17.0 Å². The molecule has 2 heterocycles. The molecule has 2 atom stereocenters. The number of aryl methyl sites for hydroxylation is 2. The van der Waals surface area contributed by atoms with Crippen LogP contribution in [0.4, 0.5) is 11.5 Å². The first-order chi connectivity index (χ1) is 11.1. The third kappa shape index (κ3) is 3.19. The van der Waals surface area contributed by atoms with Gasteiger partial charge in [-0.1, -0.05) is 30.3 Å². The van der Waals surface area contributed by atoms with Crippen molar-refractivity contribution in [2.45, 2.75) is 31.9 Å². The van der Waals surface area contributed by atoms with Gasteiger partial charge in [0.25, 0.3) is 0 Å². The Morgan fingerprint density at radius 2 is 2.13 bits per heavy atom. The summed E-state index contributed by atoms with van der Waals surface area (Å²) in [5.74, 6) is 0.464. The van der Waals surface area contributed by atoms with E-state index in [0.29, 0.717) is 18.1 Å². The van der Waals surface area contributed by atoms with Crippen LogP contribution in [0.15, 0.2) is 30.3 Å². The number of nitro groups is 1. The molecular formula is C16H20N4O3. The number of hydrogen-bond acceptors (Lipinski definition) is 5. The zero-order chi connectivity index (χ0) is 16.4. The highest BCUT2D eigenvalue weighted by Crippen LogP contribution is 2.33. The van der Waals surface area contributed by atoms with Crippen molar-refractivity contribution in [3.8, 4) is 0 Å². The molecule has 0 radical (unpaired) electrons. The summed E-state index contributed by atoms with van der Waals surface area (Å²) in [4.78, 5) is 10.9. The van der Waals surface area contributed by atoms with Crippen LogP contribution in [0.2, 0.25) is 0 Å². The van der Waals surface area contributed by atoms with E-state index in [0.717, 1.165) is 18.4 Å². The first-order valence-electron chi connectivity index (χ1n) is 7.67. The fraction of sp³-hybridized carbons (Fsp3) is 0.438. The maximum Gasteiger partial charge on any atom is 0.333 e. The number of aromatic nitrogens is 2. The van der Waals surface area contributed by atoms with Gasteiger partial charge in [-0.2, -0.15) is 5.10 Å². The average molecular weight is 316 g/mol. The summed E-state index contributed by atoms with van der Waals surface area (Å²) >= 11 is 0. The average Bonchev–Trinajstić information content (AvgIpc) is 2.82. The highest BCUT2D eigenvalue weighted by molar-refractivity contribution is 5.59. The lowest BCUT2D eigenvalue weighted by Gasteiger charge is -2.30. The summed E-state index contributed by atoms with van der Waals surface area (Å²) in [7, 11) is 1.72. The summed E-state index contributed by atoms with van der Waals surface area (Å²) in [6.45, 7) is 2.28. The summed E-state index contributed by atoms with van der Waals surface area (Å²) in [5, 5.41) is 18.7. The third-order valence-electron chi connectivity index (χ3n) is 4.17. The smallest absolute Gasteiger partial charge is 0.333 e. The molecule has 1 fully saturated rings. The third-order valence-corrected chi connectivity index (χ3v) is 4.17. The molecule has 7 nitrogen and oxygen atoms in total. The van der Waals surface area contributed by atoms with Crippen molar-refractivity contribution in [2.75, 3.05) is 11.9 Å². The highest BCUT2D eigenvalue weighted by atomic mass is 16.6. The van der Waals surface area contributed by atoms with Gasteiger partial charge in [0.05, 0.1) is 11.0 Å². The Bertz CT molecular complexity index is 699. The van der Waals surface area contributed by atoms with Crippen molar-refractivity contribution < 1.29 is 9.66 Å². The van der Waals surface area contributed by atoms with Crippen LogP contribution in [0.1, 0.15) is 30.2 Å². The Hall–Kier alpha value is -2.41. The van der Waals surface area contributed by atoms with Crippen molar-refractivity contribution in [3.05, 3.63) is 51.7 Å². The van der Waals surface area contributed by atoms with E-state index in [9.17, 15) is 10.1 Å². The van der Waals surface area contributed by atoms with Gasteiger partial charge in [-0.05, 0) is 25.3 Å². The maximum atomic E-state index is 11.3. The van der Waals surface area contributed by atoms with Crippen LogP contribution in [-0.4, -0.2) is 27.4 Å². The van der Waals surface area contributed by atoms with E-state index in [1.54, 1.807) is 18.7 Å². The van der Waals surface area contributed by atoms with E-state index in [1.807, 2.05) is 30.3 Å². The van der Waals surface area contributed by atoms with E-state index >= 15 is 0 Å². The Labute approximate surface area is 134 Å². The second-order valence-electron chi connectivity index (χ2n) is 5.80. The molecule has 1 aromatic carbocycles. The quantitative estimate of drug-likeness (QED) is 0.692. The van der Waals surface area contributed by atoms with Gasteiger partial charge in [0.2, 0.25) is 5.82 Å². The number of hydrogen-bond donors (Lipinski definition) is 1. The molecule has 1 aliphatic heterocycles. The van der Waals surface area contributed by atoms with Gasteiger partial charge >= 0.3 is 5.69 Å². The lowest BCUT2D eigenvalue weighted by Crippen LogP contribution is -2.31. The standard InChI is InChI=1S/C16H20N4O3/c1-11-15(20(21)22)16(19(2)18-11)17-13-8-9-23-14(10-13)12-6-4-3-5-7-12/h3-7,13-14,17H,8-10H2,1-2H3. The Balaban J connectivity index is 1.77. The second-order valence-corrected chi connectivity index (χ2v) is 5.80. The molecule has 1 aliphatic rings. The van der Waals surface area contributed by atoms with Crippen molar-refractivity contribution in [1.82, 2.24) is 9.78 Å². The van der Waals surface area contributed by atoms with E-state index < -0.39 is 0 Å². The fourth-order valence-electron chi connectivity index (χ4n) is 3.05. The predicted octanol–water partition coefficient (Wildman–Crippen LogP) is 2.97. The Kier molecular flexibility index (Phi) is 4.29. The van der Waals surface area contributed by atoms with Gasteiger partial charge in [-0.15, -0.1) is 0 Å². The van der Waals surface area contributed by atoms with Crippen LogP contribution in [0.25, 0.3) is 0 Å². The van der Waals surface area contributed by atoms with Crippen LogP contribution < -0.4 is 5.32 Å². The monoisotopic (exact) mass is 316 g/mol. The van der Waals surface area contributed by atoms with Crippen molar-refractivity contribution in [2.24, 2.45) is 7.05 Å². The number of ether oxygens (including phenoxy) is 1. The van der Waals surface area contributed by atoms with Crippen molar-refractivity contribution in [1.29, 1.82) is 0 Å². The van der Waals surface area contributed by atoms with Crippen LogP contribution >= 0.6 is 0 Å². The number of benzene rings is 1. The van der Waals surface area contributed by atoms with Gasteiger partial charge in [0.1, 0.15) is 5.69 Å². The molecule has 1 N–H and O–H groups in total. The van der Waals surface area contributed by atoms with Crippen LogP contribution in [-0.2, 0) is 11.8 Å². The molecule has 2 aromatic rings. The molecule has 1 aromatic heterocycles. The lowest BCUT2D eigenvalue weighted by molar-refractivity contribution is -0.384. The van der Waals surface area contributed by atoms with E-state index in [4.69, 9.17) is 4.74 Å². The number of nitrogens with one attached hydrogen (secondary N) is 1. The summed E-state index contributed by atoms with van der Waals surface area (Å²) < 4.78 is 7.39. The fourth-order valence-corrected chi connectivity index (χ4v) is 3.05. The Morgan fingerprint density at radius 3 is 2.83 bits per heavy atom. The zero-order valence-electron chi connectivity index (χ0n) is 13.2. The zero-order valence-corrected chi connectivity index (χ0v) is 13.2. The minimum Gasteiger partial charge on any atom is -0.373 e.